The summed E-state index contributed by atoms with van der Waals surface area (Å²) in [5, 5.41) is 14.1. The Bertz CT molecular complexity index is 478. The molecule has 20 heavy (non-hydrogen) atoms. The summed E-state index contributed by atoms with van der Waals surface area (Å²) in [4.78, 5) is 10.4. The number of nitrogens with zero attached hydrogens (tertiary/aromatic N) is 1. The first-order valence-corrected chi connectivity index (χ1v) is 6.75. The van der Waals surface area contributed by atoms with E-state index in [0.29, 0.717) is 18.2 Å². The van der Waals surface area contributed by atoms with Crippen molar-refractivity contribution in [3.05, 3.63) is 33.9 Å². The van der Waals surface area contributed by atoms with Gasteiger partial charge in [-0.25, -0.2) is 0 Å². The van der Waals surface area contributed by atoms with E-state index in [1.807, 2.05) is 0 Å². The van der Waals surface area contributed by atoms with Gasteiger partial charge in [-0.1, -0.05) is 0 Å². The summed E-state index contributed by atoms with van der Waals surface area (Å²) in [6.45, 7) is 4.28. The van der Waals surface area contributed by atoms with Crippen LogP contribution in [0.5, 0.6) is 5.75 Å². The standard InChI is InChI=1S/C14H20N2O4/c1-10-11(5-6-20-10)8-15-9-12-7-13(16(17)18)3-4-14(12)19-2/h3-4,7,10-11,15H,5-6,8-9H2,1-2H3. The minimum atomic E-state index is -0.393. The van der Waals surface area contributed by atoms with E-state index in [0.717, 1.165) is 25.1 Å². The lowest BCUT2D eigenvalue weighted by Gasteiger charge is -2.15. The molecule has 1 aromatic rings. The average molecular weight is 280 g/mol. The molecule has 2 rings (SSSR count). The molecule has 1 heterocycles. The van der Waals surface area contributed by atoms with Crippen LogP contribution in [-0.4, -0.2) is 31.3 Å². The van der Waals surface area contributed by atoms with E-state index in [1.54, 1.807) is 19.2 Å². The molecule has 2 atom stereocenters. The van der Waals surface area contributed by atoms with Gasteiger partial charge >= 0.3 is 0 Å². The van der Waals surface area contributed by atoms with Crippen molar-refractivity contribution < 1.29 is 14.4 Å². The van der Waals surface area contributed by atoms with Crippen LogP contribution in [0.3, 0.4) is 0 Å². The number of nitro benzene ring substituents is 1. The molecular formula is C14H20N2O4. The van der Waals surface area contributed by atoms with E-state index in [1.165, 1.54) is 6.07 Å². The topological polar surface area (TPSA) is 73.6 Å². The van der Waals surface area contributed by atoms with Gasteiger partial charge in [0.2, 0.25) is 0 Å². The molecule has 0 spiro atoms. The van der Waals surface area contributed by atoms with Crippen molar-refractivity contribution in [3.8, 4) is 5.75 Å². The van der Waals surface area contributed by atoms with E-state index in [9.17, 15) is 10.1 Å². The number of rotatable bonds is 6. The van der Waals surface area contributed by atoms with E-state index < -0.39 is 4.92 Å². The van der Waals surface area contributed by atoms with Crippen LogP contribution < -0.4 is 10.1 Å². The number of benzene rings is 1. The molecule has 0 aromatic heterocycles. The SMILES string of the molecule is COc1ccc([N+](=O)[O-])cc1CNCC1CCOC1C. The molecule has 1 aromatic carbocycles. The van der Waals surface area contributed by atoms with Gasteiger partial charge in [0.25, 0.3) is 5.69 Å². The van der Waals surface area contributed by atoms with Crippen LogP contribution in [0.2, 0.25) is 0 Å². The van der Waals surface area contributed by atoms with Gasteiger partial charge in [-0.05, 0) is 25.3 Å². The highest BCUT2D eigenvalue weighted by Crippen LogP contribution is 2.24. The Labute approximate surface area is 118 Å². The summed E-state index contributed by atoms with van der Waals surface area (Å²) < 4.78 is 10.7. The second-order valence-corrected chi connectivity index (χ2v) is 5.01. The molecule has 0 radical (unpaired) electrons. The molecule has 1 fully saturated rings. The quantitative estimate of drug-likeness (QED) is 0.638. The van der Waals surface area contributed by atoms with Gasteiger partial charge in [0.05, 0.1) is 18.1 Å². The fourth-order valence-electron chi connectivity index (χ4n) is 2.45. The summed E-state index contributed by atoms with van der Waals surface area (Å²) in [6.07, 6.45) is 1.33. The van der Waals surface area contributed by atoms with Crippen molar-refractivity contribution >= 4 is 5.69 Å². The lowest BCUT2D eigenvalue weighted by molar-refractivity contribution is -0.384. The largest absolute Gasteiger partial charge is 0.496 e. The Balaban J connectivity index is 1.96. The van der Waals surface area contributed by atoms with Gasteiger partial charge in [0.1, 0.15) is 5.75 Å². The molecule has 0 aliphatic carbocycles. The molecule has 0 amide bonds. The van der Waals surface area contributed by atoms with E-state index in [4.69, 9.17) is 9.47 Å². The third-order valence-corrected chi connectivity index (χ3v) is 3.73. The van der Waals surface area contributed by atoms with Crippen LogP contribution in [-0.2, 0) is 11.3 Å². The van der Waals surface area contributed by atoms with Crippen molar-refractivity contribution in [2.75, 3.05) is 20.3 Å². The summed E-state index contributed by atoms with van der Waals surface area (Å²) in [5.41, 5.74) is 0.883. The predicted octanol–water partition coefficient (Wildman–Crippen LogP) is 2.12. The van der Waals surface area contributed by atoms with Gasteiger partial charge in [-0.2, -0.15) is 0 Å². The summed E-state index contributed by atoms with van der Waals surface area (Å²) in [7, 11) is 1.57. The second-order valence-electron chi connectivity index (χ2n) is 5.01. The monoisotopic (exact) mass is 280 g/mol. The maximum atomic E-state index is 10.8. The molecule has 1 aliphatic rings. The van der Waals surface area contributed by atoms with Crippen molar-refractivity contribution in [1.82, 2.24) is 5.32 Å². The molecule has 1 saturated heterocycles. The molecule has 110 valence electrons. The van der Waals surface area contributed by atoms with Gasteiger partial charge in [-0.3, -0.25) is 10.1 Å². The van der Waals surface area contributed by atoms with Crippen LogP contribution >= 0.6 is 0 Å². The normalized spacial score (nSPS) is 21.9. The van der Waals surface area contributed by atoms with E-state index in [2.05, 4.69) is 12.2 Å². The van der Waals surface area contributed by atoms with E-state index in [-0.39, 0.29) is 11.8 Å². The maximum absolute atomic E-state index is 10.8. The van der Waals surface area contributed by atoms with Crippen molar-refractivity contribution in [2.45, 2.75) is 26.0 Å². The van der Waals surface area contributed by atoms with Crippen LogP contribution in [0, 0.1) is 16.0 Å². The zero-order valence-corrected chi connectivity index (χ0v) is 11.8. The van der Waals surface area contributed by atoms with Crippen LogP contribution in [0.25, 0.3) is 0 Å². The zero-order chi connectivity index (χ0) is 14.5. The minimum Gasteiger partial charge on any atom is -0.496 e. The highest BCUT2D eigenvalue weighted by molar-refractivity contribution is 5.43. The fourth-order valence-corrected chi connectivity index (χ4v) is 2.45. The summed E-state index contributed by atoms with van der Waals surface area (Å²) >= 11 is 0. The number of ether oxygens (including phenoxy) is 2. The molecule has 2 unspecified atom stereocenters. The van der Waals surface area contributed by atoms with Gasteiger partial charge in [-0.15, -0.1) is 0 Å². The van der Waals surface area contributed by atoms with Gasteiger partial charge in [0, 0.05) is 37.4 Å². The van der Waals surface area contributed by atoms with Crippen molar-refractivity contribution in [2.24, 2.45) is 5.92 Å². The fraction of sp³-hybridized carbons (Fsp3) is 0.571. The van der Waals surface area contributed by atoms with Crippen molar-refractivity contribution in [3.63, 3.8) is 0 Å². The molecule has 1 N–H and O–H groups in total. The Morgan fingerprint density at radius 3 is 2.95 bits per heavy atom. The Kier molecular flexibility index (Phi) is 4.92. The maximum Gasteiger partial charge on any atom is 0.270 e. The van der Waals surface area contributed by atoms with Gasteiger partial charge in [0.15, 0.2) is 0 Å². The smallest absolute Gasteiger partial charge is 0.270 e. The number of methoxy groups -OCH3 is 1. The van der Waals surface area contributed by atoms with Crippen LogP contribution in [0.15, 0.2) is 18.2 Å². The highest BCUT2D eigenvalue weighted by Gasteiger charge is 2.23. The van der Waals surface area contributed by atoms with Crippen LogP contribution in [0.1, 0.15) is 18.9 Å². The lowest BCUT2D eigenvalue weighted by Crippen LogP contribution is -2.26. The first-order valence-electron chi connectivity index (χ1n) is 6.75. The molecule has 6 heteroatoms. The van der Waals surface area contributed by atoms with Crippen molar-refractivity contribution in [1.29, 1.82) is 0 Å². The molecule has 6 nitrogen and oxygen atoms in total. The average Bonchev–Trinajstić information content (AvgIpc) is 2.84. The van der Waals surface area contributed by atoms with E-state index >= 15 is 0 Å². The zero-order valence-electron chi connectivity index (χ0n) is 11.8. The number of hydrogen-bond acceptors (Lipinski definition) is 5. The Morgan fingerprint density at radius 1 is 1.55 bits per heavy atom. The number of hydrogen-bond donors (Lipinski definition) is 1. The first kappa shape index (κ1) is 14.7. The lowest BCUT2D eigenvalue weighted by atomic mass is 10.0. The third-order valence-electron chi connectivity index (χ3n) is 3.73. The molecule has 0 saturated carbocycles. The minimum absolute atomic E-state index is 0.0835. The first-order chi connectivity index (χ1) is 9.61. The number of nitrogens with one attached hydrogen (secondary N) is 1. The Morgan fingerprint density at radius 2 is 2.35 bits per heavy atom. The second kappa shape index (κ2) is 6.67. The summed E-state index contributed by atoms with van der Waals surface area (Å²) in [6, 6.07) is 4.64. The highest BCUT2D eigenvalue weighted by atomic mass is 16.6. The summed E-state index contributed by atoms with van der Waals surface area (Å²) in [5.74, 6) is 1.17. The Hall–Kier alpha value is -1.66. The van der Waals surface area contributed by atoms with Gasteiger partial charge < -0.3 is 14.8 Å². The van der Waals surface area contributed by atoms with Crippen LogP contribution in [0.4, 0.5) is 5.69 Å². The molecule has 1 aliphatic heterocycles. The molecule has 0 bridgehead atoms. The number of non-ortho nitro benzene ring substituents is 1. The third kappa shape index (κ3) is 3.46. The number of nitro groups is 1. The predicted molar refractivity (Wildman–Crippen MR) is 74.9 cm³/mol. The molecular weight excluding hydrogens is 260 g/mol.